The third-order valence-corrected chi connectivity index (χ3v) is 2.20. The van der Waals surface area contributed by atoms with Gasteiger partial charge in [0, 0.05) is 28.4 Å². The van der Waals surface area contributed by atoms with Gasteiger partial charge in [-0.15, -0.1) is 0 Å². The van der Waals surface area contributed by atoms with Crippen LogP contribution in [0.3, 0.4) is 0 Å². The number of carbonyl (C=O) groups excluding carboxylic acids is 1. The van der Waals surface area contributed by atoms with Crippen molar-refractivity contribution in [3.05, 3.63) is 0 Å². The zero-order valence-electron chi connectivity index (χ0n) is 6.59. The van der Waals surface area contributed by atoms with Crippen LogP contribution in [0.5, 0.6) is 0 Å². The third kappa shape index (κ3) is 1.99. The summed E-state index contributed by atoms with van der Waals surface area (Å²) in [5.41, 5.74) is 0. The normalized spacial score (nSPS) is 21.8. The van der Waals surface area contributed by atoms with E-state index in [1.54, 1.807) is 4.90 Å². The first kappa shape index (κ1) is 9.56. The van der Waals surface area contributed by atoms with E-state index in [1.165, 1.54) is 0 Å². The monoisotopic (exact) mass is 231 g/mol. The first-order chi connectivity index (χ1) is 5.79. The molecule has 1 aliphatic rings. The fourth-order valence-corrected chi connectivity index (χ4v) is 1.57. The summed E-state index contributed by atoms with van der Waals surface area (Å²) in [6.07, 6.45) is 1.84. The molecule has 1 heterocycles. The summed E-state index contributed by atoms with van der Waals surface area (Å²) < 4.78 is 0. The van der Waals surface area contributed by atoms with E-state index in [-0.39, 0.29) is 18.6 Å². The summed E-state index contributed by atoms with van der Waals surface area (Å²) in [6.45, 7) is 0.751. The van der Waals surface area contributed by atoms with Gasteiger partial charge in [-0.1, -0.05) is 0 Å². The molecule has 1 fully saturated rings. The Labute approximate surface area is 79.9 Å². The maximum absolute atomic E-state index is 11.2. The highest BCUT2D eigenvalue weighted by molar-refractivity contribution is 9.12. The van der Waals surface area contributed by atoms with Crippen LogP contribution in [0.2, 0.25) is 0 Å². The van der Waals surface area contributed by atoms with E-state index in [1.807, 2.05) is 0 Å². The Morgan fingerprint density at radius 1 is 1.75 bits per heavy atom. The number of hydrogen-bond acceptors (Lipinski definition) is 2. The largest absolute Gasteiger partial charge is 0.394 e. The van der Waals surface area contributed by atoms with Crippen molar-refractivity contribution < 1.29 is 9.90 Å². The predicted octanol–water partition coefficient (Wildman–Crippen LogP) is 0.325. The lowest BCUT2D eigenvalue weighted by Crippen LogP contribution is -2.36. The second-order valence-electron chi connectivity index (χ2n) is 2.70. The van der Waals surface area contributed by atoms with E-state index in [0.29, 0.717) is 6.54 Å². The van der Waals surface area contributed by atoms with Crippen molar-refractivity contribution in [1.29, 1.82) is 0 Å². The zero-order chi connectivity index (χ0) is 8.97. The Morgan fingerprint density at radius 3 is 3.08 bits per heavy atom. The molecule has 1 N–H and O–H groups in total. The average molecular weight is 232 g/mol. The van der Waals surface area contributed by atoms with E-state index < -0.39 is 0 Å². The SMILES string of the molecule is O=C(C#CBr)N1CCCC1CO. The molecule has 0 saturated carbocycles. The Kier molecular flexibility index (Phi) is 3.57. The van der Waals surface area contributed by atoms with Gasteiger partial charge in [0.05, 0.1) is 12.6 Å². The second kappa shape index (κ2) is 4.48. The molecular weight excluding hydrogens is 222 g/mol. The van der Waals surface area contributed by atoms with E-state index in [9.17, 15) is 4.79 Å². The van der Waals surface area contributed by atoms with Crippen molar-refractivity contribution in [1.82, 2.24) is 4.90 Å². The van der Waals surface area contributed by atoms with Gasteiger partial charge in [-0.25, -0.2) is 0 Å². The van der Waals surface area contributed by atoms with Gasteiger partial charge in [-0.2, -0.15) is 0 Å². The average Bonchev–Trinajstić information content (AvgIpc) is 2.51. The Bertz CT molecular complexity index is 231. The molecule has 1 rings (SSSR count). The molecular formula is C8H10BrNO2. The van der Waals surface area contributed by atoms with Gasteiger partial charge in [-0.3, -0.25) is 4.79 Å². The molecule has 0 radical (unpaired) electrons. The highest BCUT2D eigenvalue weighted by Crippen LogP contribution is 2.16. The van der Waals surface area contributed by atoms with Gasteiger partial charge in [0.15, 0.2) is 0 Å². The highest BCUT2D eigenvalue weighted by Gasteiger charge is 2.26. The third-order valence-electron chi connectivity index (χ3n) is 2.00. The smallest absolute Gasteiger partial charge is 0.299 e. The van der Waals surface area contributed by atoms with Crippen molar-refractivity contribution in [2.45, 2.75) is 18.9 Å². The topological polar surface area (TPSA) is 40.5 Å². The molecule has 1 unspecified atom stereocenters. The molecule has 0 spiro atoms. The fraction of sp³-hybridized carbons (Fsp3) is 0.625. The standard InChI is InChI=1S/C8H10BrNO2/c9-4-3-8(12)10-5-1-2-7(10)6-11/h7,11H,1-2,5-6H2. The number of likely N-dealkylation sites (tertiary alicyclic amines) is 1. The van der Waals surface area contributed by atoms with Crippen molar-refractivity contribution in [3.8, 4) is 10.8 Å². The molecule has 0 aromatic rings. The Morgan fingerprint density at radius 2 is 2.50 bits per heavy atom. The molecule has 1 atom stereocenters. The summed E-state index contributed by atoms with van der Waals surface area (Å²) in [7, 11) is 0. The number of aliphatic hydroxyl groups is 1. The van der Waals surface area contributed by atoms with Crippen LogP contribution in [0, 0.1) is 10.8 Å². The molecule has 12 heavy (non-hydrogen) atoms. The summed E-state index contributed by atoms with van der Waals surface area (Å²) in [5.74, 6) is 2.19. The minimum atomic E-state index is -0.205. The molecule has 66 valence electrons. The van der Waals surface area contributed by atoms with Crippen LogP contribution in [0.15, 0.2) is 0 Å². The van der Waals surface area contributed by atoms with Gasteiger partial charge < -0.3 is 10.0 Å². The number of nitrogens with zero attached hydrogens (tertiary/aromatic N) is 1. The van der Waals surface area contributed by atoms with E-state index in [0.717, 1.165) is 12.8 Å². The number of rotatable bonds is 1. The minimum absolute atomic E-state index is 0.0224. The zero-order valence-corrected chi connectivity index (χ0v) is 8.17. The van der Waals surface area contributed by atoms with E-state index >= 15 is 0 Å². The van der Waals surface area contributed by atoms with Crippen LogP contribution in [0.25, 0.3) is 0 Å². The molecule has 3 nitrogen and oxygen atoms in total. The van der Waals surface area contributed by atoms with Gasteiger partial charge in [0.1, 0.15) is 0 Å². The number of aliphatic hydroxyl groups excluding tert-OH is 1. The predicted molar refractivity (Wildman–Crippen MR) is 48.5 cm³/mol. The molecule has 1 amide bonds. The van der Waals surface area contributed by atoms with Gasteiger partial charge in [0.25, 0.3) is 5.91 Å². The van der Waals surface area contributed by atoms with Crippen LogP contribution >= 0.6 is 15.9 Å². The molecule has 0 bridgehead atoms. The first-order valence-electron chi connectivity index (χ1n) is 3.82. The lowest BCUT2D eigenvalue weighted by Gasteiger charge is -2.19. The van der Waals surface area contributed by atoms with Gasteiger partial charge in [0.2, 0.25) is 0 Å². The van der Waals surface area contributed by atoms with Gasteiger partial charge in [-0.05, 0) is 17.7 Å². The maximum Gasteiger partial charge on any atom is 0.299 e. The van der Waals surface area contributed by atoms with E-state index in [4.69, 9.17) is 5.11 Å². The van der Waals surface area contributed by atoms with Crippen LogP contribution in [0.1, 0.15) is 12.8 Å². The number of hydrogen-bond donors (Lipinski definition) is 1. The maximum atomic E-state index is 11.2. The molecule has 1 aliphatic heterocycles. The van der Waals surface area contributed by atoms with Crippen molar-refractivity contribution >= 4 is 21.8 Å². The summed E-state index contributed by atoms with van der Waals surface area (Å²) in [4.78, 5) is 15.2. The molecule has 0 aliphatic carbocycles. The number of carbonyl (C=O) groups is 1. The van der Waals surface area contributed by atoms with Crippen molar-refractivity contribution in [3.63, 3.8) is 0 Å². The number of amides is 1. The fourth-order valence-electron chi connectivity index (χ4n) is 1.41. The van der Waals surface area contributed by atoms with Crippen molar-refractivity contribution in [2.75, 3.05) is 13.2 Å². The lowest BCUT2D eigenvalue weighted by atomic mass is 10.2. The molecule has 4 heteroatoms. The number of halogens is 1. The lowest BCUT2D eigenvalue weighted by molar-refractivity contribution is -0.126. The van der Waals surface area contributed by atoms with Crippen LogP contribution in [0.4, 0.5) is 0 Å². The van der Waals surface area contributed by atoms with Gasteiger partial charge >= 0.3 is 0 Å². The summed E-state index contributed by atoms with van der Waals surface area (Å²) >= 11 is 2.87. The summed E-state index contributed by atoms with van der Waals surface area (Å²) in [5, 5.41) is 8.90. The molecule has 0 aromatic heterocycles. The van der Waals surface area contributed by atoms with Crippen LogP contribution in [-0.4, -0.2) is 35.1 Å². The highest BCUT2D eigenvalue weighted by atomic mass is 79.9. The summed E-state index contributed by atoms with van der Waals surface area (Å²) in [6, 6.07) is -0.0224. The van der Waals surface area contributed by atoms with Crippen LogP contribution in [-0.2, 0) is 4.79 Å². The quantitative estimate of drug-likeness (QED) is 0.661. The van der Waals surface area contributed by atoms with Crippen molar-refractivity contribution in [2.24, 2.45) is 0 Å². The molecule has 0 aromatic carbocycles. The Balaban J connectivity index is 2.59. The minimum Gasteiger partial charge on any atom is -0.394 e. The molecule has 1 saturated heterocycles. The second-order valence-corrected chi connectivity index (χ2v) is 3.09. The first-order valence-corrected chi connectivity index (χ1v) is 4.62. The van der Waals surface area contributed by atoms with Crippen LogP contribution < -0.4 is 0 Å². The van der Waals surface area contributed by atoms with E-state index in [2.05, 4.69) is 26.7 Å². The Hall–Kier alpha value is -0.530.